The zero-order valence-electron chi connectivity index (χ0n) is 8.92. The summed E-state index contributed by atoms with van der Waals surface area (Å²) in [4.78, 5) is 14.4. The van der Waals surface area contributed by atoms with E-state index in [2.05, 4.69) is 4.98 Å². The van der Waals surface area contributed by atoms with Crippen LogP contribution in [0, 0.1) is 0 Å². The zero-order valence-corrected chi connectivity index (χ0v) is 9.67. The topological polar surface area (TPSA) is 42.1 Å². The van der Waals surface area contributed by atoms with Crippen LogP contribution in [-0.2, 0) is 16.0 Å². The van der Waals surface area contributed by atoms with E-state index in [0.717, 1.165) is 16.5 Å². The molecule has 0 atom stereocenters. The Kier molecular flexibility index (Phi) is 3.15. The molecule has 0 saturated heterocycles. The number of fused-ring (bicyclic) bond motifs is 1. The highest BCUT2D eigenvalue weighted by molar-refractivity contribution is 6.31. The summed E-state index contributed by atoms with van der Waals surface area (Å²) in [6, 6.07) is 5.56. The lowest BCUT2D eigenvalue weighted by molar-refractivity contribution is -0.142. The summed E-state index contributed by atoms with van der Waals surface area (Å²) in [6.07, 6.45) is 2.10. The highest BCUT2D eigenvalue weighted by Gasteiger charge is 2.09. The van der Waals surface area contributed by atoms with Gasteiger partial charge in [0.15, 0.2) is 0 Å². The number of ether oxygens (including phenoxy) is 1. The first-order valence-electron chi connectivity index (χ1n) is 5.12. The van der Waals surface area contributed by atoms with Crippen LogP contribution >= 0.6 is 11.6 Å². The third-order valence-corrected chi connectivity index (χ3v) is 2.60. The van der Waals surface area contributed by atoms with E-state index in [4.69, 9.17) is 16.3 Å². The normalized spacial score (nSPS) is 10.6. The largest absolute Gasteiger partial charge is 0.466 e. The number of H-pyrrole nitrogens is 1. The van der Waals surface area contributed by atoms with E-state index >= 15 is 0 Å². The Balaban J connectivity index is 2.28. The van der Waals surface area contributed by atoms with Crippen molar-refractivity contribution in [2.75, 3.05) is 6.61 Å². The van der Waals surface area contributed by atoms with Crippen molar-refractivity contribution in [3.8, 4) is 0 Å². The highest BCUT2D eigenvalue weighted by atomic mass is 35.5. The summed E-state index contributed by atoms with van der Waals surface area (Å²) in [5.41, 5.74) is 1.87. The van der Waals surface area contributed by atoms with Crippen molar-refractivity contribution in [1.82, 2.24) is 4.98 Å². The van der Waals surface area contributed by atoms with Crippen LogP contribution < -0.4 is 0 Å². The highest BCUT2D eigenvalue weighted by Crippen LogP contribution is 2.22. The van der Waals surface area contributed by atoms with Crippen molar-refractivity contribution in [3.05, 3.63) is 35.0 Å². The van der Waals surface area contributed by atoms with Gasteiger partial charge in [-0.3, -0.25) is 4.79 Å². The van der Waals surface area contributed by atoms with E-state index in [0.29, 0.717) is 11.6 Å². The molecule has 4 heteroatoms. The number of hydrogen-bond acceptors (Lipinski definition) is 2. The van der Waals surface area contributed by atoms with Crippen LogP contribution in [0.2, 0.25) is 5.02 Å². The lowest BCUT2D eigenvalue weighted by Gasteiger charge is -2.00. The van der Waals surface area contributed by atoms with Crippen molar-refractivity contribution >= 4 is 28.5 Å². The minimum Gasteiger partial charge on any atom is -0.466 e. The lowest BCUT2D eigenvalue weighted by Crippen LogP contribution is -2.06. The van der Waals surface area contributed by atoms with Crippen LogP contribution in [0.1, 0.15) is 12.5 Å². The van der Waals surface area contributed by atoms with Crippen LogP contribution in [0.25, 0.3) is 10.9 Å². The van der Waals surface area contributed by atoms with Gasteiger partial charge in [0.2, 0.25) is 0 Å². The fourth-order valence-electron chi connectivity index (χ4n) is 1.67. The number of hydrogen-bond donors (Lipinski definition) is 1. The molecule has 2 aromatic rings. The Morgan fingerprint density at radius 2 is 2.31 bits per heavy atom. The SMILES string of the molecule is CCOC(=O)Cc1c[nH]c2cc(Cl)ccc12. The Bertz CT molecular complexity index is 519. The smallest absolute Gasteiger partial charge is 0.310 e. The predicted octanol–water partition coefficient (Wildman–Crippen LogP) is 2.93. The lowest BCUT2D eigenvalue weighted by atomic mass is 10.1. The summed E-state index contributed by atoms with van der Waals surface area (Å²) < 4.78 is 4.91. The molecule has 0 radical (unpaired) electrons. The molecule has 0 aliphatic heterocycles. The number of aromatic amines is 1. The molecule has 0 unspecified atom stereocenters. The average Bonchev–Trinajstić information content (AvgIpc) is 2.61. The fourth-order valence-corrected chi connectivity index (χ4v) is 1.84. The van der Waals surface area contributed by atoms with Crippen LogP contribution in [-0.4, -0.2) is 17.6 Å². The van der Waals surface area contributed by atoms with E-state index in [-0.39, 0.29) is 12.4 Å². The minimum atomic E-state index is -0.210. The van der Waals surface area contributed by atoms with E-state index in [1.807, 2.05) is 24.4 Å². The number of benzene rings is 1. The summed E-state index contributed by atoms with van der Waals surface area (Å²) in [6.45, 7) is 2.21. The van der Waals surface area contributed by atoms with Crippen molar-refractivity contribution in [2.45, 2.75) is 13.3 Å². The molecule has 1 heterocycles. The van der Waals surface area contributed by atoms with Gasteiger partial charge in [0.25, 0.3) is 0 Å². The molecule has 0 saturated carbocycles. The number of rotatable bonds is 3. The summed E-state index contributed by atoms with van der Waals surface area (Å²) in [5.74, 6) is -0.210. The molecular formula is C12H12ClNO2. The van der Waals surface area contributed by atoms with Gasteiger partial charge in [-0.25, -0.2) is 0 Å². The van der Waals surface area contributed by atoms with Crippen LogP contribution in [0.15, 0.2) is 24.4 Å². The van der Waals surface area contributed by atoms with Gasteiger partial charge in [0.1, 0.15) is 0 Å². The quantitative estimate of drug-likeness (QED) is 0.834. The fraction of sp³-hybridized carbons (Fsp3) is 0.250. The van der Waals surface area contributed by atoms with Crippen LogP contribution in [0.3, 0.4) is 0 Å². The van der Waals surface area contributed by atoms with Gasteiger partial charge in [-0.1, -0.05) is 17.7 Å². The molecule has 0 amide bonds. The van der Waals surface area contributed by atoms with Crippen molar-refractivity contribution < 1.29 is 9.53 Å². The van der Waals surface area contributed by atoms with Gasteiger partial charge in [-0.15, -0.1) is 0 Å². The van der Waals surface area contributed by atoms with Crippen LogP contribution in [0.4, 0.5) is 0 Å². The molecule has 0 spiro atoms. The van der Waals surface area contributed by atoms with E-state index in [1.165, 1.54) is 0 Å². The third-order valence-electron chi connectivity index (χ3n) is 2.37. The first kappa shape index (κ1) is 11.0. The predicted molar refractivity (Wildman–Crippen MR) is 63.6 cm³/mol. The van der Waals surface area contributed by atoms with Gasteiger partial charge >= 0.3 is 5.97 Å². The average molecular weight is 238 g/mol. The zero-order chi connectivity index (χ0) is 11.5. The van der Waals surface area contributed by atoms with Gasteiger partial charge in [0, 0.05) is 22.1 Å². The molecule has 1 aromatic heterocycles. The molecule has 84 valence electrons. The molecule has 2 rings (SSSR count). The molecule has 16 heavy (non-hydrogen) atoms. The second-order valence-electron chi connectivity index (χ2n) is 3.49. The number of carbonyl (C=O) groups excluding carboxylic acids is 1. The van der Waals surface area contributed by atoms with Crippen molar-refractivity contribution in [3.63, 3.8) is 0 Å². The summed E-state index contributed by atoms with van der Waals surface area (Å²) >= 11 is 5.87. The van der Waals surface area contributed by atoms with Crippen molar-refractivity contribution in [2.24, 2.45) is 0 Å². The maximum Gasteiger partial charge on any atom is 0.310 e. The van der Waals surface area contributed by atoms with Gasteiger partial charge in [0.05, 0.1) is 13.0 Å². The molecule has 0 aliphatic carbocycles. The molecule has 1 N–H and O–H groups in total. The summed E-state index contributed by atoms with van der Waals surface area (Å²) in [7, 11) is 0. The number of aromatic nitrogens is 1. The van der Waals surface area contributed by atoms with Crippen molar-refractivity contribution in [1.29, 1.82) is 0 Å². The molecular weight excluding hydrogens is 226 g/mol. The number of carbonyl (C=O) groups is 1. The minimum absolute atomic E-state index is 0.210. The second kappa shape index (κ2) is 4.58. The Morgan fingerprint density at radius 1 is 1.50 bits per heavy atom. The molecule has 0 fully saturated rings. The third kappa shape index (κ3) is 2.19. The molecule has 0 aliphatic rings. The summed E-state index contributed by atoms with van der Waals surface area (Å²) in [5, 5.41) is 1.69. The first-order chi connectivity index (χ1) is 7.70. The monoisotopic (exact) mass is 237 g/mol. The number of nitrogens with one attached hydrogen (secondary N) is 1. The Hall–Kier alpha value is -1.48. The first-order valence-corrected chi connectivity index (χ1v) is 5.49. The number of halogens is 1. The molecule has 3 nitrogen and oxygen atoms in total. The molecule has 1 aromatic carbocycles. The maximum absolute atomic E-state index is 11.4. The van der Waals surface area contributed by atoms with Crippen LogP contribution in [0.5, 0.6) is 0 Å². The van der Waals surface area contributed by atoms with Gasteiger partial charge in [-0.2, -0.15) is 0 Å². The second-order valence-corrected chi connectivity index (χ2v) is 3.92. The maximum atomic E-state index is 11.4. The van der Waals surface area contributed by atoms with E-state index < -0.39 is 0 Å². The van der Waals surface area contributed by atoms with Gasteiger partial charge in [-0.05, 0) is 24.6 Å². The standard InChI is InChI=1S/C12H12ClNO2/c1-2-16-12(15)5-8-7-14-11-6-9(13)3-4-10(8)11/h3-4,6-7,14H,2,5H2,1H3. The molecule has 0 bridgehead atoms. The van der Waals surface area contributed by atoms with E-state index in [9.17, 15) is 4.79 Å². The van der Waals surface area contributed by atoms with E-state index in [1.54, 1.807) is 6.92 Å². The number of esters is 1. The van der Waals surface area contributed by atoms with Gasteiger partial charge < -0.3 is 9.72 Å². The Morgan fingerprint density at radius 3 is 3.06 bits per heavy atom. The Labute approximate surface area is 98.4 Å².